The Morgan fingerprint density at radius 2 is 2.30 bits per heavy atom. The molecule has 2 aromatic rings. The van der Waals surface area contributed by atoms with Gasteiger partial charge >= 0.3 is 0 Å². The third-order valence-corrected chi connectivity index (χ3v) is 2.58. The molecule has 0 saturated heterocycles. The molecule has 8 nitrogen and oxygen atoms in total. The Morgan fingerprint density at radius 3 is 2.85 bits per heavy atom. The zero-order chi connectivity index (χ0) is 14.7. The summed E-state index contributed by atoms with van der Waals surface area (Å²) in [6.07, 6.45) is 1.56. The molecule has 0 fully saturated rings. The highest BCUT2D eigenvalue weighted by molar-refractivity contribution is 5.94. The smallest absolute Gasteiger partial charge is 0.293 e. The lowest BCUT2D eigenvalue weighted by atomic mass is 10.1. The number of hydrogen-bond donors (Lipinski definition) is 2. The number of rotatable bonds is 5. The van der Waals surface area contributed by atoms with E-state index >= 15 is 0 Å². The molecule has 0 aliphatic carbocycles. The molecule has 0 saturated carbocycles. The fourth-order valence-corrected chi connectivity index (χ4v) is 1.64. The summed E-state index contributed by atoms with van der Waals surface area (Å²) in [5, 5.41) is 13.8. The average molecular weight is 276 g/mol. The van der Waals surface area contributed by atoms with Crippen molar-refractivity contribution >= 4 is 17.3 Å². The zero-order valence-corrected chi connectivity index (χ0v) is 10.6. The van der Waals surface area contributed by atoms with Crippen molar-refractivity contribution in [2.75, 3.05) is 5.32 Å². The third-order valence-electron chi connectivity index (χ3n) is 2.58. The third kappa shape index (κ3) is 2.91. The molecule has 1 aromatic carbocycles. The first-order valence-electron chi connectivity index (χ1n) is 5.71. The second-order valence-corrected chi connectivity index (χ2v) is 4.07. The van der Waals surface area contributed by atoms with Crippen LogP contribution in [0.1, 0.15) is 22.0 Å². The number of anilines is 1. The molecule has 0 radical (unpaired) electrons. The van der Waals surface area contributed by atoms with Crippen molar-refractivity contribution < 1.29 is 14.1 Å². The lowest BCUT2D eigenvalue weighted by Gasteiger charge is -2.06. The summed E-state index contributed by atoms with van der Waals surface area (Å²) in [7, 11) is 0. The van der Waals surface area contributed by atoms with Gasteiger partial charge in [0.15, 0.2) is 0 Å². The van der Waals surface area contributed by atoms with E-state index in [1.54, 1.807) is 13.1 Å². The van der Waals surface area contributed by atoms with Crippen LogP contribution in [0.3, 0.4) is 0 Å². The number of benzene rings is 1. The normalized spacial score (nSPS) is 10.2. The molecular weight excluding hydrogens is 264 g/mol. The molecule has 8 heteroatoms. The van der Waals surface area contributed by atoms with Crippen LogP contribution in [0.2, 0.25) is 0 Å². The van der Waals surface area contributed by atoms with Crippen molar-refractivity contribution in [1.29, 1.82) is 0 Å². The van der Waals surface area contributed by atoms with E-state index in [4.69, 9.17) is 10.2 Å². The van der Waals surface area contributed by atoms with Crippen LogP contribution in [0.4, 0.5) is 11.4 Å². The molecule has 0 spiro atoms. The van der Waals surface area contributed by atoms with E-state index in [1.165, 1.54) is 12.1 Å². The Labute approximate surface area is 113 Å². The summed E-state index contributed by atoms with van der Waals surface area (Å²) in [5.74, 6) is 0.346. The number of nitro benzene ring substituents is 1. The number of nitro groups is 1. The van der Waals surface area contributed by atoms with Crippen LogP contribution < -0.4 is 11.1 Å². The van der Waals surface area contributed by atoms with Gasteiger partial charge in [-0.2, -0.15) is 0 Å². The number of nitrogens with one attached hydrogen (secondary N) is 1. The largest absolute Gasteiger partial charge is 0.444 e. The highest BCUT2D eigenvalue weighted by Gasteiger charge is 2.16. The molecule has 3 N–H and O–H groups in total. The quantitative estimate of drug-likeness (QED) is 0.631. The number of aryl methyl sites for hydroxylation is 1. The molecule has 104 valence electrons. The highest BCUT2D eigenvalue weighted by Crippen LogP contribution is 2.26. The lowest BCUT2D eigenvalue weighted by molar-refractivity contribution is -0.384. The van der Waals surface area contributed by atoms with Crippen LogP contribution in [0, 0.1) is 17.0 Å². The fraction of sp³-hybridized carbons (Fsp3) is 0.167. The first-order valence-corrected chi connectivity index (χ1v) is 5.71. The molecule has 0 aliphatic heterocycles. The van der Waals surface area contributed by atoms with Crippen LogP contribution in [0.15, 0.2) is 28.8 Å². The zero-order valence-electron chi connectivity index (χ0n) is 10.6. The summed E-state index contributed by atoms with van der Waals surface area (Å²) >= 11 is 0. The van der Waals surface area contributed by atoms with Gasteiger partial charge in [-0.3, -0.25) is 14.9 Å². The monoisotopic (exact) mass is 276 g/mol. The van der Waals surface area contributed by atoms with E-state index in [0.29, 0.717) is 11.7 Å². The minimum absolute atomic E-state index is 0.0780. The van der Waals surface area contributed by atoms with Crippen LogP contribution in [0.5, 0.6) is 0 Å². The van der Waals surface area contributed by atoms with Crippen molar-refractivity contribution in [2.45, 2.75) is 13.5 Å². The summed E-state index contributed by atoms with van der Waals surface area (Å²) in [6, 6.07) is 3.97. The van der Waals surface area contributed by atoms with E-state index in [-0.39, 0.29) is 23.5 Å². The Kier molecular flexibility index (Phi) is 3.65. The maximum absolute atomic E-state index is 11.0. The van der Waals surface area contributed by atoms with E-state index in [2.05, 4.69) is 10.3 Å². The molecule has 1 heterocycles. The summed E-state index contributed by atoms with van der Waals surface area (Å²) in [6.45, 7) is 1.95. The van der Waals surface area contributed by atoms with Crippen molar-refractivity contribution in [3.8, 4) is 0 Å². The summed E-state index contributed by atoms with van der Waals surface area (Å²) in [5.41, 5.74) is 5.20. The molecule has 0 aliphatic rings. The number of aromatic nitrogens is 1. The maximum Gasteiger partial charge on any atom is 0.293 e. The Bertz CT molecular complexity index is 665. The first-order chi connectivity index (χ1) is 9.47. The number of nitrogens with two attached hydrogens (primary N) is 1. The SMILES string of the molecule is Cc1cnc(CNc2ccc(C(N)=O)cc2[N+](=O)[O-])o1. The fourth-order valence-electron chi connectivity index (χ4n) is 1.64. The van der Waals surface area contributed by atoms with Gasteiger partial charge in [0.2, 0.25) is 11.8 Å². The Morgan fingerprint density at radius 1 is 1.55 bits per heavy atom. The summed E-state index contributed by atoms with van der Waals surface area (Å²) in [4.78, 5) is 25.4. The number of nitrogens with zero attached hydrogens (tertiary/aromatic N) is 2. The van der Waals surface area contributed by atoms with Crippen molar-refractivity contribution in [2.24, 2.45) is 5.73 Å². The topological polar surface area (TPSA) is 124 Å². The van der Waals surface area contributed by atoms with Crippen LogP contribution in [-0.4, -0.2) is 15.8 Å². The molecule has 0 unspecified atom stereocenters. The second kappa shape index (κ2) is 5.39. The number of primary amides is 1. The van der Waals surface area contributed by atoms with E-state index in [1.807, 2.05) is 0 Å². The number of oxazole rings is 1. The molecule has 0 atom stereocenters. The van der Waals surface area contributed by atoms with Crippen LogP contribution in [0.25, 0.3) is 0 Å². The average Bonchev–Trinajstić information content (AvgIpc) is 2.81. The summed E-state index contributed by atoms with van der Waals surface area (Å²) < 4.78 is 5.25. The maximum atomic E-state index is 11.0. The van der Waals surface area contributed by atoms with Crippen molar-refractivity contribution in [3.63, 3.8) is 0 Å². The van der Waals surface area contributed by atoms with Gasteiger partial charge in [-0.05, 0) is 19.1 Å². The number of hydrogen-bond acceptors (Lipinski definition) is 6. The highest BCUT2D eigenvalue weighted by atomic mass is 16.6. The van der Waals surface area contributed by atoms with Gasteiger partial charge in [0, 0.05) is 11.6 Å². The van der Waals surface area contributed by atoms with Gasteiger partial charge in [-0.25, -0.2) is 4.98 Å². The number of amides is 1. The molecular formula is C12H12N4O4. The van der Waals surface area contributed by atoms with Crippen LogP contribution >= 0.6 is 0 Å². The lowest BCUT2D eigenvalue weighted by Crippen LogP contribution is -2.12. The predicted octanol–water partition coefficient (Wildman–Crippen LogP) is 1.60. The van der Waals surface area contributed by atoms with E-state index < -0.39 is 10.8 Å². The Hall–Kier alpha value is -2.90. The predicted molar refractivity (Wildman–Crippen MR) is 70.2 cm³/mol. The van der Waals surface area contributed by atoms with Gasteiger partial charge in [-0.15, -0.1) is 0 Å². The number of carbonyl (C=O) groups excluding carboxylic acids is 1. The molecule has 1 aromatic heterocycles. The number of carbonyl (C=O) groups is 1. The Balaban J connectivity index is 2.22. The van der Waals surface area contributed by atoms with Crippen molar-refractivity contribution in [3.05, 3.63) is 51.7 Å². The first kappa shape index (κ1) is 13.5. The van der Waals surface area contributed by atoms with Crippen molar-refractivity contribution in [1.82, 2.24) is 4.98 Å². The van der Waals surface area contributed by atoms with Gasteiger partial charge in [0.25, 0.3) is 5.69 Å². The molecule has 2 rings (SSSR count). The standard InChI is InChI=1S/C12H12N4O4/c1-7-5-15-11(20-7)6-14-9-3-2-8(12(13)17)4-10(9)16(18)19/h2-5,14H,6H2,1H3,(H2,13,17). The minimum Gasteiger partial charge on any atom is -0.444 e. The van der Waals surface area contributed by atoms with Gasteiger partial charge in [0.1, 0.15) is 11.4 Å². The van der Waals surface area contributed by atoms with Gasteiger partial charge in [-0.1, -0.05) is 0 Å². The van der Waals surface area contributed by atoms with Gasteiger partial charge in [0.05, 0.1) is 17.7 Å². The molecule has 0 bridgehead atoms. The minimum atomic E-state index is -0.719. The molecule has 20 heavy (non-hydrogen) atoms. The van der Waals surface area contributed by atoms with Gasteiger partial charge < -0.3 is 15.5 Å². The van der Waals surface area contributed by atoms with Crippen LogP contribution in [-0.2, 0) is 6.54 Å². The van der Waals surface area contributed by atoms with E-state index in [9.17, 15) is 14.9 Å². The van der Waals surface area contributed by atoms with E-state index in [0.717, 1.165) is 6.07 Å². The second-order valence-electron chi connectivity index (χ2n) is 4.07. The molecule has 1 amide bonds.